The van der Waals surface area contributed by atoms with Crippen molar-refractivity contribution in [2.45, 2.75) is 65.0 Å². The van der Waals surface area contributed by atoms with Gasteiger partial charge in [-0.05, 0) is 57.9 Å². The Morgan fingerprint density at radius 3 is 2.65 bits per heavy atom. The van der Waals surface area contributed by atoms with E-state index in [9.17, 15) is 0 Å². The number of piperazine rings is 1. The van der Waals surface area contributed by atoms with Crippen LogP contribution in [0.3, 0.4) is 0 Å². The first kappa shape index (κ1) is 13.4. The summed E-state index contributed by atoms with van der Waals surface area (Å²) in [5.74, 6) is 1.81. The summed E-state index contributed by atoms with van der Waals surface area (Å²) in [7, 11) is 0. The topological polar surface area (TPSA) is 15.3 Å². The highest BCUT2D eigenvalue weighted by atomic mass is 15.3. The average molecular weight is 238 g/mol. The number of nitrogens with zero attached hydrogens (tertiary/aromatic N) is 1. The van der Waals surface area contributed by atoms with Crippen LogP contribution in [-0.2, 0) is 0 Å². The van der Waals surface area contributed by atoms with E-state index >= 15 is 0 Å². The van der Waals surface area contributed by atoms with E-state index < -0.39 is 0 Å². The van der Waals surface area contributed by atoms with E-state index in [4.69, 9.17) is 0 Å². The fourth-order valence-electron chi connectivity index (χ4n) is 3.24. The Balaban J connectivity index is 1.89. The second-order valence-electron chi connectivity index (χ2n) is 6.90. The van der Waals surface area contributed by atoms with Crippen molar-refractivity contribution in [3.8, 4) is 0 Å². The minimum absolute atomic E-state index is 0.448. The molecule has 100 valence electrons. The smallest absolute Gasteiger partial charge is 0.0334 e. The van der Waals surface area contributed by atoms with E-state index in [-0.39, 0.29) is 0 Å². The fraction of sp³-hybridized carbons (Fsp3) is 1.00. The molecule has 2 nitrogen and oxygen atoms in total. The van der Waals surface area contributed by atoms with Crippen molar-refractivity contribution >= 4 is 0 Å². The van der Waals surface area contributed by atoms with E-state index in [1.54, 1.807) is 0 Å². The van der Waals surface area contributed by atoms with E-state index in [0.717, 1.165) is 11.8 Å². The standard InChI is InChI=1S/C15H30N2/c1-12(2)6-5-9-17-10-13(3)16-11-15(17,4)14-7-8-14/h12-14,16H,5-11H2,1-4H3. The zero-order valence-electron chi connectivity index (χ0n) is 12.1. The van der Waals surface area contributed by atoms with Gasteiger partial charge in [0.25, 0.3) is 0 Å². The van der Waals surface area contributed by atoms with Crippen LogP contribution in [0.2, 0.25) is 0 Å². The number of rotatable bonds is 5. The van der Waals surface area contributed by atoms with E-state index in [1.165, 1.54) is 45.3 Å². The van der Waals surface area contributed by atoms with Crippen molar-refractivity contribution < 1.29 is 0 Å². The minimum atomic E-state index is 0.448. The van der Waals surface area contributed by atoms with Crippen molar-refractivity contribution in [2.75, 3.05) is 19.6 Å². The third-order valence-electron chi connectivity index (χ3n) is 4.69. The highest BCUT2D eigenvalue weighted by molar-refractivity contribution is 5.04. The third kappa shape index (κ3) is 3.23. The zero-order chi connectivity index (χ0) is 12.5. The third-order valence-corrected chi connectivity index (χ3v) is 4.69. The second-order valence-corrected chi connectivity index (χ2v) is 6.90. The maximum atomic E-state index is 3.68. The van der Waals surface area contributed by atoms with E-state index in [1.807, 2.05) is 0 Å². The molecule has 0 bridgehead atoms. The van der Waals surface area contributed by atoms with Crippen LogP contribution >= 0.6 is 0 Å². The van der Waals surface area contributed by atoms with Crippen molar-refractivity contribution in [3.05, 3.63) is 0 Å². The maximum Gasteiger partial charge on any atom is 0.0334 e. The Morgan fingerprint density at radius 2 is 2.06 bits per heavy atom. The van der Waals surface area contributed by atoms with Crippen LogP contribution in [0.25, 0.3) is 0 Å². The summed E-state index contributed by atoms with van der Waals surface area (Å²) in [6.07, 6.45) is 5.65. The van der Waals surface area contributed by atoms with Crippen LogP contribution in [0.15, 0.2) is 0 Å². The van der Waals surface area contributed by atoms with Gasteiger partial charge in [-0.15, -0.1) is 0 Å². The Hall–Kier alpha value is -0.0800. The van der Waals surface area contributed by atoms with E-state index in [2.05, 4.69) is 37.9 Å². The maximum absolute atomic E-state index is 3.68. The monoisotopic (exact) mass is 238 g/mol. The van der Waals surface area contributed by atoms with Gasteiger partial charge >= 0.3 is 0 Å². The predicted molar refractivity (Wildman–Crippen MR) is 74.2 cm³/mol. The number of hydrogen-bond acceptors (Lipinski definition) is 2. The lowest BCUT2D eigenvalue weighted by atomic mass is 9.89. The molecule has 2 fully saturated rings. The SMILES string of the molecule is CC(C)CCCN1CC(C)NCC1(C)C1CC1. The largest absolute Gasteiger partial charge is 0.311 e. The van der Waals surface area contributed by atoms with Gasteiger partial charge in [0.15, 0.2) is 0 Å². The number of hydrogen-bond donors (Lipinski definition) is 1. The summed E-state index contributed by atoms with van der Waals surface area (Å²) < 4.78 is 0. The zero-order valence-corrected chi connectivity index (χ0v) is 12.1. The lowest BCUT2D eigenvalue weighted by Crippen LogP contribution is -2.63. The molecule has 1 saturated heterocycles. The molecule has 2 unspecified atom stereocenters. The van der Waals surface area contributed by atoms with Crippen LogP contribution < -0.4 is 5.32 Å². The molecule has 2 atom stereocenters. The summed E-state index contributed by atoms with van der Waals surface area (Å²) in [5, 5.41) is 3.68. The molecule has 0 spiro atoms. The van der Waals surface area contributed by atoms with Crippen LogP contribution in [-0.4, -0.2) is 36.1 Å². The molecule has 0 aromatic heterocycles. The van der Waals surface area contributed by atoms with E-state index in [0.29, 0.717) is 11.6 Å². The van der Waals surface area contributed by atoms with Gasteiger partial charge in [0.1, 0.15) is 0 Å². The van der Waals surface area contributed by atoms with Gasteiger partial charge in [0, 0.05) is 24.7 Å². The second kappa shape index (κ2) is 5.27. The highest BCUT2D eigenvalue weighted by Crippen LogP contribution is 2.44. The van der Waals surface area contributed by atoms with Gasteiger partial charge in [0.2, 0.25) is 0 Å². The molecular weight excluding hydrogens is 208 g/mol. The van der Waals surface area contributed by atoms with Gasteiger partial charge in [-0.25, -0.2) is 0 Å². The van der Waals surface area contributed by atoms with Crippen LogP contribution in [0.4, 0.5) is 0 Å². The Kier molecular flexibility index (Phi) is 4.14. The van der Waals surface area contributed by atoms with Gasteiger partial charge in [-0.2, -0.15) is 0 Å². The molecule has 0 aromatic rings. The first-order chi connectivity index (χ1) is 8.02. The predicted octanol–water partition coefficient (Wildman–Crippen LogP) is 2.89. The summed E-state index contributed by atoms with van der Waals surface area (Å²) in [5.41, 5.74) is 0.448. The van der Waals surface area contributed by atoms with Crippen LogP contribution in [0.1, 0.15) is 53.4 Å². The Labute approximate surface area is 107 Å². The summed E-state index contributed by atoms with van der Waals surface area (Å²) in [6, 6.07) is 0.667. The molecule has 17 heavy (non-hydrogen) atoms. The minimum Gasteiger partial charge on any atom is -0.311 e. The molecule has 1 heterocycles. The molecule has 2 aliphatic rings. The van der Waals surface area contributed by atoms with Crippen LogP contribution in [0.5, 0.6) is 0 Å². The molecule has 2 rings (SSSR count). The lowest BCUT2D eigenvalue weighted by Gasteiger charge is -2.48. The molecular formula is C15H30N2. The first-order valence-corrected chi connectivity index (χ1v) is 7.51. The molecule has 0 aromatic carbocycles. The fourth-order valence-corrected chi connectivity index (χ4v) is 3.24. The van der Waals surface area contributed by atoms with Crippen LogP contribution in [0, 0.1) is 11.8 Å². The molecule has 1 aliphatic carbocycles. The van der Waals surface area contributed by atoms with Gasteiger partial charge < -0.3 is 5.32 Å². The van der Waals surface area contributed by atoms with Crippen molar-refractivity contribution in [2.24, 2.45) is 11.8 Å². The normalized spacial score (nSPS) is 35.5. The average Bonchev–Trinajstić information content (AvgIpc) is 3.06. The van der Waals surface area contributed by atoms with Gasteiger partial charge in [-0.1, -0.05) is 13.8 Å². The van der Waals surface area contributed by atoms with Gasteiger partial charge in [-0.3, -0.25) is 4.90 Å². The molecule has 1 N–H and O–H groups in total. The molecule has 1 saturated carbocycles. The Morgan fingerprint density at radius 1 is 1.35 bits per heavy atom. The number of nitrogens with one attached hydrogen (secondary N) is 1. The summed E-state index contributed by atoms with van der Waals surface area (Å²) in [4.78, 5) is 2.79. The quantitative estimate of drug-likeness (QED) is 0.792. The summed E-state index contributed by atoms with van der Waals surface area (Å²) in [6.45, 7) is 13.2. The van der Waals surface area contributed by atoms with Crippen molar-refractivity contribution in [1.29, 1.82) is 0 Å². The molecule has 2 heteroatoms. The Bertz CT molecular complexity index is 247. The van der Waals surface area contributed by atoms with Crippen molar-refractivity contribution in [3.63, 3.8) is 0 Å². The molecule has 0 amide bonds. The van der Waals surface area contributed by atoms with Gasteiger partial charge in [0.05, 0.1) is 0 Å². The lowest BCUT2D eigenvalue weighted by molar-refractivity contribution is 0.0363. The highest BCUT2D eigenvalue weighted by Gasteiger charge is 2.47. The van der Waals surface area contributed by atoms with Crippen molar-refractivity contribution in [1.82, 2.24) is 10.2 Å². The summed E-state index contributed by atoms with van der Waals surface area (Å²) >= 11 is 0. The molecule has 1 aliphatic heterocycles. The first-order valence-electron chi connectivity index (χ1n) is 7.51. The molecule has 0 radical (unpaired) electrons.